The number of amides is 2. The van der Waals surface area contributed by atoms with Crippen molar-refractivity contribution in [1.82, 2.24) is 15.2 Å². The number of aromatic amines is 1. The van der Waals surface area contributed by atoms with Gasteiger partial charge in [-0.1, -0.05) is 63.1 Å². The number of hydrogen-bond acceptors (Lipinski definition) is 2. The Morgan fingerprint density at radius 2 is 1.84 bits per heavy atom. The topological polar surface area (TPSA) is 65.2 Å². The minimum Gasteiger partial charge on any atom is -0.361 e. The summed E-state index contributed by atoms with van der Waals surface area (Å²) in [7, 11) is 0. The zero-order valence-electron chi connectivity index (χ0n) is 18.1. The van der Waals surface area contributed by atoms with Gasteiger partial charge in [-0.2, -0.15) is 0 Å². The zero-order valence-corrected chi connectivity index (χ0v) is 18.1. The normalized spacial score (nSPS) is 25.6. The minimum atomic E-state index is -0.270. The summed E-state index contributed by atoms with van der Waals surface area (Å²) in [6, 6.07) is 15.7. The molecule has 2 amide bonds. The van der Waals surface area contributed by atoms with Gasteiger partial charge in [-0.25, -0.2) is 0 Å². The molecule has 1 fully saturated rings. The third-order valence-electron chi connectivity index (χ3n) is 7.34. The van der Waals surface area contributed by atoms with E-state index >= 15 is 0 Å². The van der Waals surface area contributed by atoms with E-state index in [-0.39, 0.29) is 30.4 Å². The molecule has 3 aromatic rings. The van der Waals surface area contributed by atoms with Crippen LogP contribution in [0.2, 0.25) is 0 Å². The number of aromatic nitrogens is 1. The van der Waals surface area contributed by atoms with Crippen molar-refractivity contribution in [2.24, 2.45) is 11.8 Å². The number of nitrogens with zero attached hydrogens (tertiary/aromatic N) is 1. The van der Waals surface area contributed by atoms with Gasteiger partial charge >= 0.3 is 0 Å². The van der Waals surface area contributed by atoms with Gasteiger partial charge in [0.2, 0.25) is 5.91 Å². The van der Waals surface area contributed by atoms with E-state index in [1.54, 1.807) is 4.90 Å². The first kappa shape index (κ1) is 19.9. The highest BCUT2D eigenvalue weighted by atomic mass is 16.2. The molecule has 0 radical (unpaired) electrons. The molecular formula is C26H29N3O2. The lowest BCUT2D eigenvalue weighted by Gasteiger charge is -2.35. The standard InChI is InChI=1S/C26H29N3O2/c1-16-8-7-13-22(17(16)2)28-24(30)15-29-25(19-10-3-4-11-20(19)26(29)31)21-14-27-23-12-6-5-9-18(21)23/h3-6,9-12,14,16-17,22,25,27H,7-8,13,15H2,1-2H3,(H,28,30)/t16-,17+,22-,25-/m0/s1. The van der Waals surface area contributed by atoms with E-state index in [4.69, 9.17) is 0 Å². The lowest BCUT2D eigenvalue weighted by Crippen LogP contribution is -2.48. The van der Waals surface area contributed by atoms with Crippen molar-refractivity contribution in [2.45, 2.75) is 45.2 Å². The van der Waals surface area contributed by atoms with Crippen LogP contribution in [0.4, 0.5) is 0 Å². The Morgan fingerprint density at radius 1 is 1.06 bits per heavy atom. The number of carbonyl (C=O) groups is 2. The quantitative estimate of drug-likeness (QED) is 0.651. The Morgan fingerprint density at radius 3 is 2.71 bits per heavy atom. The van der Waals surface area contributed by atoms with Gasteiger partial charge in [0.25, 0.3) is 5.91 Å². The lowest BCUT2D eigenvalue weighted by atomic mass is 9.78. The summed E-state index contributed by atoms with van der Waals surface area (Å²) in [5, 5.41) is 4.32. The summed E-state index contributed by atoms with van der Waals surface area (Å²) in [4.78, 5) is 31.5. The summed E-state index contributed by atoms with van der Waals surface area (Å²) in [6.45, 7) is 4.55. The van der Waals surface area contributed by atoms with E-state index in [0.29, 0.717) is 17.4 Å². The number of fused-ring (bicyclic) bond motifs is 2. The largest absolute Gasteiger partial charge is 0.361 e. The predicted octanol–water partition coefficient (Wildman–Crippen LogP) is 4.65. The van der Waals surface area contributed by atoms with Crippen LogP contribution in [-0.2, 0) is 4.79 Å². The van der Waals surface area contributed by atoms with Crippen LogP contribution in [-0.4, -0.2) is 34.3 Å². The van der Waals surface area contributed by atoms with Crippen LogP contribution >= 0.6 is 0 Å². The molecule has 5 heteroatoms. The van der Waals surface area contributed by atoms with E-state index in [9.17, 15) is 9.59 Å². The summed E-state index contributed by atoms with van der Waals surface area (Å²) in [5.41, 5.74) is 3.71. The maximum absolute atomic E-state index is 13.3. The van der Waals surface area contributed by atoms with Crippen LogP contribution in [0, 0.1) is 11.8 Å². The minimum absolute atomic E-state index is 0.0648. The first-order valence-electron chi connectivity index (χ1n) is 11.3. The first-order valence-corrected chi connectivity index (χ1v) is 11.3. The number of para-hydroxylation sites is 1. The summed E-state index contributed by atoms with van der Waals surface area (Å²) >= 11 is 0. The zero-order chi connectivity index (χ0) is 21.5. The van der Waals surface area contributed by atoms with Gasteiger partial charge in [0.05, 0.1) is 6.04 Å². The average molecular weight is 416 g/mol. The Hall–Kier alpha value is -3.08. The van der Waals surface area contributed by atoms with Gasteiger partial charge in [0.1, 0.15) is 6.54 Å². The third-order valence-corrected chi connectivity index (χ3v) is 7.34. The van der Waals surface area contributed by atoms with Gasteiger partial charge in [0, 0.05) is 34.3 Å². The maximum atomic E-state index is 13.3. The Bertz CT molecular complexity index is 1130. The van der Waals surface area contributed by atoms with Gasteiger partial charge in [0.15, 0.2) is 0 Å². The van der Waals surface area contributed by atoms with Crippen molar-refractivity contribution in [3.63, 3.8) is 0 Å². The van der Waals surface area contributed by atoms with Crippen molar-refractivity contribution in [3.8, 4) is 0 Å². The molecule has 2 N–H and O–H groups in total. The van der Waals surface area contributed by atoms with Crippen molar-refractivity contribution < 1.29 is 9.59 Å². The van der Waals surface area contributed by atoms with Crippen LogP contribution < -0.4 is 5.32 Å². The van der Waals surface area contributed by atoms with Crippen molar-refractivity contribution in [1.29, 1.82) is 0 Å². The maximum Gasteiger partial charge on any atom is 0.255 e. The smallest absolute Gasteiger partial charge is 0.255 e. The van der Waals surface area contributed by atoms with Crippen LogP contribution in [0.5, 0.6) is 0 Å². The highest BCUT2D eigenvalue weighted by Gasteiger charge is 2.40. The Labute approximate surface area is 182 Å². The fraction of sp³-hybridized carbons (Fsp3) is 0.385. The van der Waals surface area contributed by atoms with E-state index < -0.39 is 0 Å². The molecule has 160 valence electrons. The molecule has 1 aliphatic carbocycles. The second-order valence-corrected chi connectivity index (χ2v) is 9.15. The molecule has 5 nitrogen and oxygen atoms in total. The highest BCUT2D eigenvalue weighted by molar-refractivity contribution is 6.02. The van der Waals surface area contributed by atoms with Gasteiger partial charge in [-0.15, -0.1) is 0 Å². The van der Waals surface area contributed by atoms with Crippen LogP contribution in [0.3, 0.4) is 0 Å². The first-order chi connectivity index (χ1) is 15.0. The Balaban J connectivity index is 1.45. The molecule has 1 saturated carbocycles. The highest BCUT2D eigenvalue weighted by Crippen LogP contribution is 2.41. The fourth-order valence-electron chi connectivity index (χ4n) is 5.38. The molecule has 1 aliphatic heterocycles. The molecule has 0 bridgehead atoms. The second kappa shape index (κ2) is 7.88. The average Bonchev–Trinajstić information content (AvgIpc) is 3.31. The van der Waals surface area contributed by atoms with Crippen LogP contribution in [0.15, 0.2) is 54.7 Å². The number of hydrogen-bond donors (Lipinski definition) is 2. The van der Waals surface area contributed by atoms with Crippen molar-refractivity contribution in [3.05, 3.63) is 71.4 Å². The second-order valence-electron chi connectivity index (χ2n) is 9.15. The van der Waals surface area contributed by atoms with Crippen molar-refractivity contribution >= 4 is 22.7 Å². The number of H-pyrrole nitrogens is 1. The molecule has 2 heterocycles. The molecule has 2 aliphatic rings. The Kier molecular flexibility index (Phi) is 5.05. The molecular weight excluding hydrogens is 386 g/mol. The van der Waals surface area contributed by atoms with E-state index in [1.165, 1.54) is 6.42 Å². The molecule has 0 spiro atoms. The molecule has 0 saturated heterocycles. The van der Waals surface area contributed by atoms with E-state index in [2.05, 4.69) is 30.2 Å². The van der Waals surface area contributed by atoms with Crippen LogP contribution in [0.25, 0.3) is 10.9 Å². The summed E-state index contributed by atoms with van der Waals surface area (Å²) < 4.78 is 0. The monoisotopic (exact) mass is 415 g/mol. The SMILES string of the molecule is C[C@H]1[C@@H](NC(=O)CN2C(=O)c3ccccc3[C@H]2c2c[nH]c3ccccc23)CCC[C@@H]1C. The summed E-state index contributed by atoms with van der Waals surface area (Å²) in [6.07, 6.45) is 5.34. The third kappa shape index (κ3) is 3.42. The van der Waals surface area contributed by atoms with Crippen LogP contribution in [0.1, 0.15) is 60.6 Å². The molecule has 1 aromatic heterocycles. The number of nitrogens with one attached hydrogen (secondary N) is 2. The van der Waals surface area contributed by atoms with Gasteiger partial charge < -0.3 is 15.2 Å². The lowest BCUT2D eigenvalue weighted by molar-refractivity contribution is -0.123. The predicted molar refractivity (Wildman–Crippen MR) is 122 cm³/mol. The molecule has 31 heavy (non-hydrogen) atoms. The molecule has 2 aromatic carbocycles. The molecule has 0 unspecified atom stereocenters. The number of rotatable bonds is 4. The molecule has 5 rings (SSSR count). The number of benzene rings is 2. The summed E-state index contributed by atoms with van der Waals surface area (Å²) in [5.74, 6) is 0.910. The molecule has 4 atom stereocenters. The van der Waals surface area contributed by atoms with Crippen molar-refractivity contribution in [2.75, 3.05) is 6.54 Å². The van der Waals surface area contributed by atoms with E-state index in [0.717, 1.165) is 34.9 Å². The van der Waals surface area contributed by atoms with Gasteiger partial charge in [-0.3, -0.25) is 9.59 Å². The van der Waals surface area contributed by atoms with Gasteiger partial charge in [-0.05, 0) is 36.0 Å². The fourth-order valence-corrected chi connectivity index (χ4v) is 5.38. The van der Waals surface area contributed by atoms with E-state index in [1.807, 2.05) is 48.7 Å². The number of carbonyl (C=O) groups excluding carboxylic acids is 2.